The largest absolute Gasteiger partial charge is 0.366 e. The second-order valence-electron chi connectivity index (χ2n) is 6.01. The first-order valence-corrected chi connectivity index (χ1v) is 7.54. The van der Waals surface area contributed by atoms with Crippen LogP contribution in [0.4, 0.5) is 5.69 Å². The molecule has 0 spiro atoms. The van der Waals surface area contributed by atoms with Crippen LogP contribution in [0.15, 0.2) is 18.2 Å². The van der Waals surface area contributed by atoms with Gasteiger partial charge in [-0.25, -0.2) is 0 Å². The fourth-order valence-corrected chi connectivity index (χ4v) is 4.30. The summed E-state index contributed by atoms with van der Waals surface area (Å²) in [7, 11) is 0. The van der Waals surface area contributed by atoms with Crippen molar-refractivity contribution in [1.29, 1.82) is 0 Å². The molecule has 2 aliphatic heterocycles. The number of hydrogen-bond donors (Lipinski definition) is 1. The normalized spacial score (nSPS) is 30.3. The number of benzene rings is 1. The maximum atomic E-state index is 3.57. The quantitative estimate of drug-likeness (QED) is 0.752. The number of fused-ring (bicyclic) bond motifs is 3. The molecule has 0 unspecified atom stereocenters. The molecule has 2 heterocycles. The van der Waals surface area contributed by atoms with Gasteiger partial charge in [0.05, 0.1) is 0 Å². The highest BCUT2D eigenvalue weighted by molar-refractivity contribution is 5.67. The van der Waals surface area contributed by atoms with Crippen LogP contribution in [0.1, 0.15) is 42.7 Å². The molecule has 1 aliphatic carbocycles. The Morgan fingerprint density at radius 3 is 3.06 bits per heavy atom. The lowest BCUT2D eigenvalue weighted by atomic mass is 9.82. The van der Waals surface area contributed by atoms with Crippen LogP contribution < -0.4 is 10.2 Å². The van der Waals surface area contributed by atoms with E-state index in [0.717, 1.165) is 25.0 Å². The van der Waals surface area contributed by atoms with Gasteiger partial charge in [-0.2, -0.15) is 0 Å². The Balaban J connectivity index is 1.84. The highest BCUT2D eigenvalue weighted by atomic mass is 15.2. The molecule has 1 N–H and O–H groups in total. The van der Waals surface area contributed by atoms with Crippen LogP contribution in [0.5, 0.6) is 0 Å². The number of anilines is 1. The van der Waals surface area contributed by atoms with Crippen molar-refractivity contribution < 1.29 is 0 Å². The van der Waals surface area contributed by atoms with Gasteiger partial charge in [0, 0.05) is 30.7 Å². The maximum absolute atomic E-state index is 3.57. The zero-order chi connectivity index (χ0) is 11.9. The van der Waals surface area contributed by atoms with Gasteiger partial charge in [-0.3, -0.25) is 0 Å². The predicted molar refractivity (Wildman–Crippen MR) is 75.4 cm³/mol. The van der Waals surface area contributed by atoms with Crippen LogP contribution in [0.3, 0.4) is 0 Å². The summed E-state index contributed by atoms with van der Waals surface area (Å²) in [6.45, 7) is 3.49. The molecule has 1 fully saturated rings. The van der Waals surface area contributed by atoms with E-state index in [9.17, 15) is 0 Å². The Labute approximate surface area is 109 Å². The first kappa shape index (κ1) is 10.9. The van der Waals surface area contributed by atoms with Crippen molar-refractivity contribution in [3.63, 3.8) is 0 Å². The van der Waals surface area contributed by atoms with Gasteiger partial charge in [-0.05, 0) is 36.9 Å². The Hall–Kier alpha value is -1.02. The number of nitrogens with one attached hydrogen (secondary N) is 1. The van der Waals surface area contributed by atoms with E-state index < -0.39 is 0 Å². The molecule has 96 valence electrons. The SMILES string of the molecule is c1cc2c3c(c1)[C@H]1CCCC[C@H]1N3CCNCC2. The molecule has 1 saturated carbocycles. The third-order valence-electron chi connectivity index (χ3n) is 5.07. The lowest BCUT2D eigenvalue weighted by Crippen LogP contribution is -2.41. The van der Waals surface area contributed by atoms with E-state index in [1.807, 2.05) is 0 Å². The van der Waals surface area contributed by atoms with Gasteiger partial charge in [-0.15, -0.1) is 0 Å². The van der Waals surface area contributed by atoms with E-state index >= 15 is 0 Å². The van der Waals surface area contributed by atoms with E-state index in [1.165, 1.54) is 38.6 Å². The number of rotatable bonds is 0. The van der Waals surface area contributed by atoms with Crippen molar-refractivity contribution >= 4 is 5.69 Å². The molecular formula is C16H22N2. The Bertz CT molecular complexity index is 454. The highest BCUT2D eigenvalue weighted by Gasteiger charge is 2.40. The second-order valence-corrected chi connectivity index (χ2v) is 6.01. The summed E-state index contributed by atoms with van der Waals surface area (Å²) in [5, 5.41) is 3.57. The summed E-state index contributed by atoms with van der Waals surface area (Å²) in [6, 6.07) is 7.83. The fraction of sp³-hybridized carbons (Fsp3) is 0.625. The average molecular weight is 242 g/mol. The van der Waals surface area contributed by atoms with Crippen molar-refractivity contribution in [2.45, 2.75) is 44.1 Å². The smallest absolute Gasteiger partial charge is 0.0438 e. The summed E-state index contributed by atoms with van der Waals surface area (Å²) < 4.78 is 0. The molecule has 2 nitrogen and oxygen atoms in total. The summed E-state index contributed by atoms with van der Waals surface area (Å²) >= 11 is 0. The Morgan fingerprint density at radius 1 is 1.11 bits per heavy atom. The van der Waals surface area contributed by atoms with Crippen LogP contribution in [-0.2, 0) is 6.42 Å². The number of nitrogens with zero attached hydrogens (tertiary/aromatic N) is 1. The fourth-order valence-electron chi connectivity index (χ4n) is 4.30. The Kier molecular flexibility index (Phi) is 2.58. The van der Waals surface area contributed by atoms with Gasteiger partial charge >= 0.3 is 0 Å². The third kappa shape index (κ3) is 1.51. The maximum Gasteiger partial charge on any atom is 0.0438 e. The number of hydrogen-bond acceptors (Lipinski definition) is 2. The molecule has 2 heteroatoms. The summed E-state index contributed by atoms with van der Waals surface area (Å²) in [5.74, 6) is 0.826. The molecular weight excluding hydrogens is 220 g/mol. The molecule has 0 bridgehead atoms. The summed E-state index contributed by atoms with van der Waals surface area (Å²) in [4.78, 5) is 2.74. The van der Waals surface area contributed by atoms with Gasteiger partial charge in [0.15, 0.2) is 0 Å². The Morgan fingerprint density at radius 2 is 2.06 bits per heavy atom. The van der Waals surface area contributed by atoms with Gasteiger partial charge in [0.25, 0.3) is 0 Å². The van der Waals surface area contributed by atoms with E-state index in [4.69, 9.17) is 0 Å². The monoisotopic (exact) mass is 242 g/mol. The van der Waals surface area contributed by atoms with Crippen molar-refractivity contribution in [3.8, 4) is 0 Å². The second kappa shape index (κ2) is 4.27. The molecule has 0 aromatic heterocycles. The van der Waals surface area contributed by atoms with Gasteiger partial charge in [0.2, 0.25) is 0 Å². The molecule has 3 aliphatic rings. The molecule has 0 amide bonds. The summed E-state index contributed by atoms with van der Waals surface area (Å²) in [5.41, 5.74) is 4.86. The van der Waals surface area contributed by atoms with Crippen molar-refractivity contribution in [2.75, 3.05) is 24.5 Å². The standard InChI is InChI=1S/C16H22N2/c1-2-7-15-13(5-1)14-6-3-4-12-8-9-17-10-11-18(15)16(12)14/h3-4,6,13,15,17H,1-2,5,7-11H2/t13-,15-/m1/s1. The zero-order valence-corrected chi connectivity index (χ0v) is 11.0. The number of para-hydroxylation sites is 1. The predicted octanol–water partition coefficient (Wildman–Crippen LogP) is 2.68. The first-order valence-electron chi connectivity index (χ1n) is 7.54. The van der Waals surface area contributed by atoms with Crippen molar-refractivity contribution in [3.05, 3.63) is 29.3 Å². The minimum Gasteiger partial charge on any atom is -0.366 e. The van der Waals surface area contributed by atoms with E-state index in [-0.39, 0.29) is 0 Å². The van der Waals surface area contributed by atoms with Crippen molar-refractivity contribution in [2.24, 2.45) is 0 Å². The van der Waals surface area contributed by atoms with Gasteiger partial charge in [-0.1, -0.05) is 31.0 Å². The zero-order valence-electron chi connectivity index (χ0n) is 11.0. The topological polar surface area (TPSA) is 15.3 Å². The average Bonchev–Trinajstić information content (AvgIpc) is 2.70. The van der Waals surface area contributed by atoms with Crippen LogP contribution in [0.25, 0.3) is 0 Å². The van der Waals surface area contributed by atoms with E-state index in [1.54, 1.807) is 16.8 Å². The van der Waals surface area contributed by atoms with Crippen molar-refractivity contribution in [1.82, 2.24) is 5.32 Å². The van der Waals surface area contributed by atoms with Crippen LogP contribution in [0.2, 0.25) is 0 Å². The molecule has 2 atom stereocenters. The lowest BCUT2D eigenvalue weighted by molar-refractivity contribution is 0.384. The highest BCUT2D eigenvalue weighted by Crippen LogP contribution is 2.49. The van der Waals surface area contributed by atoms with Crippen LogP contribution >= 0.6 is 0 Å². The van der Waals surface area contributed by atoms with E-state index in [0.29, 0.717) is 0 Å². The molecule has 0 radical (unpaired) electrons. The molecule has 4 rings (SSSR count). The van der Waals surface area contributed by atoms with Crippen LogP contribution in [-0.4, -0.2) is 25.7 Å². The molecule has 0 saturated heterocycles. The van der Waals surface area contributed by atoms with Crippen LogP contribution in [0, 0.1) is 0 Å². The minimum absolute atomic E-state index is 0.801. The summed E-state index contributed by atoms with van der Waals surface area (Å²) in [6.07, 6.45) is 6.86. The van der Waals surface area contributed by atoms with Gasteiger partial charge < -0.3 is 10.2 Å². The van der Waals surface area contributed by atoms with Gasteiger partial charge in [0.1, 0.15) is 0 Å². The third-order valence-corrected chi connectivity index (χ3v) is 5.07. The lowest BCUT2D eigenvalue weighted by Gasteiger charge is -2.35. The first-order chi connectivity index (χ1) is 8.95. The van der Waals surface area contributed by atoms with E-state index in [2.05, 4.69) is 28.4 Å². The molecule has 18 heavy (non-hydrogen) atoms. The minimum atomic E-state index is 0.801. The molecule has 1 aromatic carbocycles. The molecule has 1 aromatic rings.